The molecule has 1 aliphatic heterocycles. The molecule has 3 heteroatoms. The molecule has 2 bridgehead atoms. The minimum atomic E-state index is -0.172. The first-order valence-electron chi connectivity index (χ1n) is 7.81. The van der Waals surface area contributed by atoms with Crippen LogP contribution in [0.25, 0.3) is 0 Å². The van der Waals surface area contributed by atoms with E-state index >= 15 is 0 Å². The molecule has 0 spiro atoms. The lowest BCUT2D eigenvalue weighted by atomic mass is 9.51. The molecule has 0 N–H and O–H groups in total. The Bertz CT molecular complexity index is 415. The normalized spacial score (nSPS) is 40.8. The maximum absolute atomic E-state index is 6.41. The van der Waals surface area contributed by atoms with E-state index in [4.69, 9.17) is 9.31 Å². The average molecular weight is 262 g/mol. The second kappa shape index (κ2) is 4.11. The van der Waals surface area contributed by atoms with Crippen molar-refractivity contribution in [2.75, 3.05) is 0 Å². The van der Waals surface area contributed by atoms with Gasteiger partial charge in [0.05, 0.1) is 11.7 Å². The highest BCUT2D eigenvalue weighted by Crippen LogP contribution is 2.61. The van der Waals surface area contributed by atoms with Gasteiger partial charge >= 0.3 is 7.12 Å². The molecule has 1 saturated carbocycles. The Hall–Kier alpha value is -0.275. The molecule has 106 valence electrons. The Morgan fingerprint density at radius 3 is 2.58 bits per heavy atom. The fourth-order valence-corrected chi connectivity index (χ4v) is 4.39. The topological polar surface area (TPSA) is 18.5 Å². The van der Waals surface area contributed by atoms with E-state index in [2.05, 4.69) is 47.6 Å². The molecule has 0 radical (unpaired) electrons. The summed E-state index contributed by atoms with van der Waals surface area (Å²) in [4.78, 5) is 0. The molecule has 1 saturated heterocycles. The maximum Gasteiger partial charge on any atom is 0.460 e. The van der Waals surface area contributed by atoms with Crippen LogP contribution in [0, 0.1) is 17.3 Å². The molecule has 2 nitrogen and oxygen atoms in total. The molecule has 4 aliphatic rings. The first-order chi connectivity index (χ1) is 8.75. The second-order valence-electron chi connectivity index (χ2n) is 7.97. The van der Waals surface area contributed by atoms with Crippen molar-refractivity contribution in [3.63, 3.8) is 0 Å². The second-order valence-corrected chi connectivity index (χ2v) is 7.97. The Labute approximate surface area is 118 Å². The molecule has 19 heavy (non-hydrogen) atoms. The van der Waals surface area contributed by atoms with E-state index in [0.717, 1.165) is 6.42 Å². The molecule has 3 aliphatic carbocycles. The van der Waals surface area contributed by atoms with Gasteiger partial charge in [-0.3, -0.25) is 0 Å². The Morgan fingerprint density at radius 1 is 1.32 bits per heavy atom. The minimum absolute atomic E-state index is 0.0200. The van der Waals surface area contributed by atoms with E-state index in [1.165, 1.54) is 12.0 Å². The van der Waals surface area contributed by atoms with Crippen molar-refractivity contribution >= 4 is 7.12 Å². The lowest BCUT2D eigenvalue weighted by Gasteiger charge is -2.57. The van der Waals surface area contributed by atoms with Gasteiger partial charge in [-0.15, -0.1) is 0 Å². The zero-order valence-corrected chi connectivity index (χ0v) is 13.2. The number of allylic oxidation sites excluding steroid dienone is 1. The van der Waals surface area contributed by atoms with Gasteiger partial charge in [0.2, 0.25) is 0 Å². The van der Waals surface area contributed by atoms with Crippen molar-refractivity contribution < 1.29 is 9.31 Å². The Morgan fingerprint density at radius 2 is 2.00 bits per heavy atom. The van der Waals surface area contributed by atoms with Gasteiger partial charge in [0.1, 0.15) is 0 Å². The Kier molecular flexibility index (Phi) is 2.96. The third-order valence-corrected chi connectivity index (χ3v) is 5.57. The van der Waals surface area contributed by atoms with Gasteiger partial charge in [-0.05, 0) is 48.4 Å². The molecule has 4 atom stereocenters. The largest absolute Gasteiger partial charge is 0.460 e. The van der Waals surface area contributed by atoms with Crippen molar-refractivity contribution in [3.05, 3.63) is 11.6 Å². The van der Waals surface area contributed by atoms with Crippen LogP contribution in [0.3, 0.4) is 0 Å². The minimum Gasteiger partial charge on any atom is -0.405 e. The van der Waals surface area contributed by atoms with Crippen molar-refractivity contribution in [1.82, 2.24) is 0 Å². The van der Waals surface area contributed by atoms with Crippen molar-refractivity contribution in [2.24, 2.45) is 17.3 Å². The summed E-state index contributed by atoms with van der Waals surface area (Å²) in [6, 6.07) is 0. The highest BCUT2D eigenvalue weighted by molar-refractivity contribution is 6.47. The van der Waals surface area contributed by atoms with E-state index in [0.29, 0.717) is 23.1 Å². The molecule has 0 unspecified atom stereocenters. The van der Waals surface area contributed by atoms with Crippen molar-refractivity contribution in [3.8, 4) is 0 Å². The lowest BCUT2D eigenvalue weighted by molar-refractivity contribution is -0.0151. The van der Waals surface area contributed by atoms with Gasteiger partial charge in [-0.2, -0.15) is 0 Å². The number of rotatable bonds is 3. The van der Waals surface area contributed by atoms with Gasteiger partial charge in [0.25, 0.3) is 0 Å². The van der Waals surface area contributed by atoms with Crippen LogP contribution in [0.2, 0.25) is 5.82 Å². The molecule has 0 aromatic heterocycles. The standard InChI is InChI=1S/C16H27BO2/c1-10(2)7-11(3)17-18-14-9-12-8-13(15(12,4)5)16(14,6)19-17/h8,10-12,14H,7,9H2,1-6H3/t11-,12-,14+,16-/m0/s1. The first kappa shape index (κ1) is 13.7. The quantitative estimate of drug-likeness (QED) is 0.563. The van der Waals surface area contributed by atoms with Crippen molar-refractivity contribution in [1.29, 1.82) is 0 Å². The smallest absolute Gasteiger partial charge is 0.405 e. The van der Waals surface area contributed by atoms with Crippen LogP contribution < -0.4 is 0 Å². The Balaban J connectivity index is 1.77. The number of hydrogen-bond acceptors (Lipinski definition) is 2. The van der Waals surface area contributed by atoms with Crippen LogP contribution in [0.5, 0.6) is 0 Å². The van der Waals surface area contributed by atoms with Crippen LogP contribution in [0.15, 0.2) is 11.6 Å². The monoisotopic (exact) mass is 262 g/mol. The van der Waals surface area contributed by atoms with E-state index in [1.807, 2.05) is 0 Å². The fraction of sp³-hybridized carbons (Fsp3) is 0.875. The first-order valence-corrected chi connectivity index (χ1v) is 7.81. The molecule has 2 fully saturated rings. The van der Waals surface area contributed by atoms with Gasteiger partial charge in [0.15, 0.2) is 0 Å². The predicted octanol–water partition coefficient (Wildman–Crippen LogP) is 4.07. The SMILES string of the molecule is CC(C)C[C@H](C)B1O[C@@H]2C[C@@H]3C=C(C3(C)C)[C@]2(C)O1. The van der Waals surface area contributed by atoms with Gasteiger partial charge in [-0.25, -0.2) is 0 Å². The maximum atomic E-state index is 6.41. The summed E-state index contributed by atoms with van der Waals surface area (Å²) >= 11 is 0. The summed E-state index contributed by atoms with van der Waals surface area (Å²) in [7, 11) is -0.0200. The van der Waals surface area contributed by atoms with Crippen LogP contribution in [-0.2, 0) is 9.31 Å². The summed E-state index contributed by atoms with van der Waals surface area (Å²) in [5, 5.41) is 0. The third-order valence-electron chi connectivity index (χ3n) is 5.57. The van der Waals surface area contributed by atoms with Gasteiger partial charge in [0, 0.05) is 0 Å². The molecular formula is C16H27BO2. The van der Waals surface area contributed by atoms with Gasteiger partial charge in [-0.1, -0.05) is 40.7 Å². The third kappa shape index (κ3) is 1.85. The van der Waals surface area contributed by atoms with E-state index in [-0.39, 0.29) is 18.8 Å². The fourth-order valence-electron chi connectivity index (χ4n) is 4.39. The summed E-state index contributed by atoms with van der Waals surface area (Å²) in [5.74, 6) is 1.86. The molecule has 0 amide bonds. The molecular weight excluding hydrogens is 235 g/mol. The van der Waals surface area contributed by atoms with Crippen LogP contribution in [-0.4, -0.2) is 18.8 Å². The zero-order valence-electron chi connectivity index (χ0n) is 13.2. The molecule has 1 heterocycles. The lowest BCUT2D eigenvalue weighted by Crippen LogP contribution is -2.57. The van der Waals surface area contributed by atoms with E-state index in [9.17, 15) is 0 Å². The van der Waals surface area contributed by atoms with Crippen LogP contribution >= 0.6 is 0 Å². The van der Waals surface area contributed by atoms with Crippen molar-refractivity contribution in [2.45, 2.75) is 71.9 Å². The van der Waals surface area contributed by atoms with E-state index < -0.39 is 0 Å². The predicted molar refractivity (Wildman–Crippen MR) is 79.0 cm³/mol. The molecule has 4 rings (SSSR count). The average Bonchev–Trinajstić information content (AvgIpc) is 2.64. The number of hydrogen-bond donors (Lipinski definition) is 0. The molecule has 0 aromatic rings. The summed E-state index contributed by atoms with van der Waals surface area (Å²) in [6.07, 6.45) is 4.98. The van der Waals surface area contributed by atoms with Crippen LogP contribution in [0.1, 0.15) is 54.4 Å². The van der Waals surface area contributed by atoms with E-state index in [1.54, 1.807) is 0 Å². The van der Waals surface area contributed by atoms with Crippen LogP contribution in [0.4, 0.5) is 0 Å². The highest BCUT2D eigenvalue weighted by atomic mass is 16.7. The summed E-state index contributed by atoms with van der Waals surface area (Å²) < 4.78 is 12.7. The zero-order chi connectivity index (χ0) is 14.0. The summed E-state index contributed by atoms with van der Waals surface area (Å²) in [6.45, 7) is 13.7. The highest BCUT2D eigenvalue weighted by Gasteiger charge is 2.63. The van der Waals surface area contributed by atoms with Gasteiger partial charge < -0.3 is 9.31 Å². The molecule has 0 aromatic carbocycles. The summed E-state index contributed by atoms with van der Waals surface area (Å²) in [5.41, 5.74) is 1.61.